The van der Waals surface area contributed by atoms with Crippen molar-refractivity contribution in [2.75, 3.05) is 19.0 Å². The second kappa shape index (κ2) is 7.43. The highest BCUT2D eigenvalue weighted by molar-refractivity contribution is 6.03. The van der Waals surface area contributed by atoms with E-state index in [1.807, 2.05) is 48.5 Å². The Bertz CT molecular complexity index is 1030. The fourth-order valence-electron chi connectivity index (χ4n) is 2.77. The third kappa shape index (κ3) is 3.58. The Kier molecular flexibility index (Phi) is 4.67. The summed E-state index contributed by atoms with van der Waals surface area (Å²) in [6, 6.07) is 16.7. The molecule has 0 saturated heterocycles. The van der Waals surface area contributed by atoms with Gasteiger partial charge in [-0.05, 0) is 42.5 Å². The van der Waals surface area contributed by atoms with Gasteiger partial charge in [0.05, 0.1) is 13.2 Å². The van der Waals surface area contributed by atoms with Gasteiger partial charge >= 0.3 is 0 Å². The van der Waals surface area contributed by atoms with E-state index >= 15 is 0 Å². The highest BCUT2D eigenvalue weighted by atomic mass is 16.5. The van der Waals surface area contributed by atoms with Crippen molar-refractivity contribution in [2.45, 2.75) is 6.54 Å². The van der Waals surface area contributed by atoms with Crippen LogP contribution in [-0.4, -0.2) is 34.4 Å². The molecular formula is C20H18N4O3. The third-order valence-corrected chi connectivity index (χ3v) is 4.14. The van der Waals surface area contributed by atoms with Gasteiger partial charge in [-0.1, -0.05) is 12.1 Å². The minimum atomic E-state index is -0.224. The predicted octanol–water partition coefficient (Wildman–Crippen LogP) is 3.59. The number of amides is 1. The van der Waals surface area contributed by atoms with Crippen molar-refractivity contribution in [3.05, 3.63) is 66.5 Å². The predicted molar refractivity (Wildman–Crippen MR) is 102 cm³/mol. The molecule has 0 unspecified atom stereocenters. The molecule has 0 aliphatic rings. The third-order valence-electron chi connectivity index (χ3n) is 4.14. The summed E-state index contributed by atoms with van der Waals surface area (Å²) in [6.45, 7) is 1.00. The first kappa shape index (κ1) is 17.0. The van der Waals surface area contributed by atoms with E-state index in [9.17, 15) is 4.79 Å². The van der Waals surface area contributed by atoms with Gasteiger partial charge in [0, 0.05) is 24.6 Å². The summed E-state index contributed by atoms with van der Waals surface area (Å²) in [5.41, 5.74) is 3.56. The molecule has 0 saturated carbocycles. The molecule has 1 N–H and O–H groups in total. The highest BCUT2D eigenvalue weighted by Gasteiger charge is 2.13. The monoisotopic (exact) mass is 362 g/mol. The molecule has 2 aromatic carbocycles. The zero-order valence-electron chi connectivity index (χ0n) is 14.8. The molecule has 0 radical (unpaired) electrons. The van der Waals surface area contributed by atoms with Gasteiger partial charge in [-0.2, -0.15) is 5.10 Å². The number of ether oxygens (including phenoxy) is 1. The Labute approximate surface area is 155 Å². The Hall–Kier alpha value is -3.45. The van der Waals surface area contributed by atoms with Crippen LogP contribution in [0.1, 0.15) is 10.5 Å². The summed E-state index contributed by atoms with van der Waals surface area (Å²) in [5, 5.41) is 7.02. The number of nitrogens with zero attached hydrogens (tertiary/aromatic N) is 3. The zero-order valence-corrected chi connectivity index (χ0v) is 14.8. The second-order valence-electron chi connectivity index (χ2n) is 5.95. The summed E-state index contributed by atoms with van der Waals surface area (Å²) in [6.07, 6.45) is 1.60. The number of hydrogen-bond acceptors (Lipinski definition) is 5. The van der Waals surface area contributed by atoms with Crippen LogP contribution in [0.25, 0.3) is 22.6 Å². The van der Waals surface area contributed by atoms with E-state index in [-0.39, 0.29) is 5.91 Å². The summed E-state index contributed by atoms with van der Waals surface area (Å²) < 4.78 is 12.4. The van der Waals surface area contributed by atoms with Crippen LogP contribution in [0.3, 0.4) is 0 Å². The first-order chi connectivity index (χ1) is 13.2. The summed E-state index contributed by atoms with van der Waals surface area (Å²) in [4.78, 5) is 17.0. The number of hydrogen-bond donors (Lipinski definition) is 1. The van der Waals surface area contributed by atoms with Gasteiger partial charge in [0.2, 0.25) is 5.89 Å². The Morgan fingerprint density at radius 1 is 1.15 bits per heavy atom. The first-order valence-electron chi connectivity index (χ1n) is 8.53. The van der Waals surface area contributed by atoms with Crippen molar-refractivity contribution in [3.8, 4) is 11.5 Å². The van der Waals surface area contributed by atoms with E-state index in [4.69, 9.17) is 9.15 Å². The maximum Gasteiger partial charge on any atom is 0.273 e. The van der Waals surface area contributed by atoms with Crippen LogP contribution >= 0.6 is 0 Å². The Morgan fingerprint density at radius 3 is 2.74 bits per heavy atom. The quantitative estimate of drug-likeness (QED) is 0.567. The molecule has 0 fully saturated rings. The molecule has 4 rings (SSSR count). The van der Waals surface area contributed by atoms with Crippen molar-refractivity contribution >= 4 is 22.7 Å². The molecule has 0 bridgehead atoms. The van der Waals surface area contributed by atoms with Gasteiger partial charge in [-0.15, -0.1) is 0 Å². The lowest BCUT2D eigenvalue weighted by Crippen LogP contribution is -2.19. The molecule has 0 aliphatic carbocycles. The topological polar surface area (TPSA) is 82.2 Å². The molecule has 4 aromatic rings. The van der Waals surface area contributed by atoms with Gasteiger partial charge in [-0.25, -0.2) is 4.98 Å². The van der Waals surface area contributed by atoms with Crippen molar-refractivity contribution < 1.29 is 13.9 Å². The average Bonchev–Trinajstić information content (AvgIpc) is 3.33. The van der Waals surface area contributed by atoms with Crippen molar-refractivity contribution in [1.82, 2.24) is 14.8 Å². The number of carbonyl (C=O) groups excluding carboxylic acids is 1. The maximum absolute atomic E-state index is 12.5. The second-order valence-corrected chi connectivity index (χ2v) is 5.95. The lowest BCUT2D eigenvalue weighted by atomic mass is 10.2. The minimum absolute atomic E-state index is 0.224. The van der Waals surface area contributed by atoms with Crippen molar-refractivity contribution in [2.24, 2.45) is 0 Å². The van der Waals surface area contributed by atoms with Gasteiger partial charge in [-0.3, -0.25) is 9.48 Å². The molecule has 136 valence electrons. The number of methoxy groups -OCH3 is 1. The van der Waals surface area contributed by atoms with Gasteiger partial charge in [0.25, 0.3) is 5.91 Å². The molecule has 1 amide bonds. The van der Waals surface area contributed by atoms with E-state index < -0.39 is 0 Å². The molecule has 7 nitrogen and oxygen atoms in total. The van der Waals surface area contributed by atoms with Gasteiger partial charge in [0.15, 0.2) is 5.58 Å². The molecule has 2 heterocycles. The molecule has 7 heteroatoms. The Morgan fingerprint density at radius 2 is 1.96 bits per heavy atom. The number of rotatable bonds is 6. The number of carbonyl (C=O) groups is 1. The SMILES string of the molecule is COCCn1nccc1C(=O)Nc1ccc(-c2nc3ccccc3o2)cc1. The van der Waals surface area contributed by atoms with Gasteiger partial charge < -0.3 is 14.5 Å². The van der Waals surface area contributed by atoms with Crippen LogP contribution in [0.15, 0.2) is 65.2 Å². The first-order valence-corrected chi connectivity index (χ1v) is 8.53. The van der Waals surface area contributed by atoms with E-state index in [1.54, 1.807) is 24.1 Å². The molecule has 2 aromatic heterocycles. The number of oxazole rings is 1. The molecule has 0 aliphatic heterocycles. The maximum atomic E-state index is 12.5. The van der Waals surface area contributed by atoms with E-state index in [2.05, 4.69) is 15.4 Å². The zero-order chi connectivity index (χ0) is 18.6. The summed E-state index contributed by atoms with van der Waals surface area (Å²) in [5.74, 6) is 0.324. The van der Waals surface area contributed by atoms with E-state index in [0.29, 0.717) is 30.4 Å². The van der Waals surface area contributed by atoms with E-state index in [1.165, 1.54) is 0 Å². The number of para-hydroxylation sites is 2. The highest BCUT2D eigenvalue weighted by Crippen LogP contribution is 2.25. The number of nitrogens with one attached hydrogen (secondary N) is 1. The normalized spacial score (nSPS) is 11.0. The van der Waals surface area contributed by atoms with Crippen LogP contribution in [0.2, 0.25) is 0 Å². The molecule has 0 spiro atoms. The number of aromatic nitrogens is 3. The lowest BCUT2D eigenvalue weighted by Gasteiger charge is -2.08. The molecule has 27 heavy (non-hydrogen) atoms. The standard InChI is InChI=1S/C20H18N4O3/c1-26-13-12-24-17(10-11-21-24)19(25)22-15-8-6-14(7-9-15)20-23-16-4-2-3-5-18(16)27-20/h2-11H,12-13H2,1H3,(H,22,25). The van der Waals surface area contributed by atoms with Crippen LogP contribution in [0.5, 0.6) is 0 Å². The molecular weight excluding hydrogens is 344 g/mol. The summed E-state index contributed by atoms with van der Waals surface area (Å²) in [7, 11) is 1.61. The van der Waals surface area contributed by atoms with E-state index in [0.717, 1.165) is 16.7 Å². The van der Waals surface area contributed by atoms with Crippen LogP contribution in [0.4, 0.5) is 5.69 Å². The van der Waals surface area contributed by atoms with Crippen LogP contribution in [0, 0.1) is 0 Å². The average molecular weight is 362 g/mol. The Balaban J connectivity index is 1.49. The number of fused-ring (bicyclic) bond motifs is 1. The number of anilines is 1. The van der Waals surface area contributed by atoms with Crippen molar-refractivity contribution in [1.29, 1.82) is 0 Å². The smallest absolute Gasteiger partial charge is 0.273 e. The largest absolute Gasteiger partial charge is 0.436 e. The lowest BCUT2D eigenvalue weighted by molar-refractivity contribution is 0.101. The summed E-state index contributed by atoms with van der Waals surface area (Å²) >= 11 is 0. The molecule has 0 atom stereocenters. The van der Waals surface area contributed by atoms with Crippen LogP contribution in [-0.2, 0) is 11.3 Å². The fourth-order valence-corrected chi connectivity index (χ4v) is 2.77. The van der Waals surface area contributed by atoms with Crippen LogP contribution < -0.4 is 5.32 Å². The van der Waals surface area contributed by atoms with Gasteiger partial charge in [0.1, 0.15) is 11.2 Å². The number of benzene rings is 2. The fraction of sp³-hybridized carbons (Fsp3) is 0.150. The minimum Gasteiger partial charge on any atom is -0.436 e. The van der Waals surface area contributed by atoms with Crippen molar-refractivity contribution in [3.63, 3.8) is 0 Å².